The number of rotatable bonds is 8. The fraction of sp³-hybridized carbons (Fsp3) is 0.640. The first-order chi connectivity index (χ1) is 21.6. The molecule has 1 aliphatic heterocycles. The number of hydrogen-bond donors (Lipinski definition) is 12. The minimum atomic E-state index is -2.41. The average Bonchev–Trinajstić information content (AvgIpc) is 2.98. The molecule has 0 saturated heterocycles. The highest BCUT2D eigenvalue weighted by Crippen LogP contribution is 2.01. The highest BCUT2D eigenvalue weighted by atomic mass is 16.3. The number of nitrogens with one attached hydrogen (secondary N) is 7. The zero-order valence-electron chi connectivity index (χ0n) is 25.5. The van der Waals surface area contributed by atoms with Crippen LogP contribution in [-0.4, -0.2) is 126 Å². The Bertz CT molecular complexity index is 1180. The lowest BCUT2D eigenvalue weighted by molar-refractivity contribution is -0.143. The minimum absolute atomic E-state index is 0.0972. The third kappa shape index (κ3) is 13.3. The van der Waals surface area contributed by atoms with Gasteiger partial charge < -0.3 is 59.3 Å². The van der Waals surface area contributed by atoms with E-state index in [-0.39, 0.29) is 57.9 Å². The summed E-state index contributed by atoms with van der Waals surface area (Å²) in [5, 5.41) is 35.6. The topological polar surface area (TPSA) is 352 Å². The molecule has 0 bridgehead atoms. The van der Waals surface area contributed by atoms with Gasteiger partial charge in [-0.3, -0.25) is 43.7 Å². The molecule has 1 heterocycles. The Morgan fingerprint density at radius 3 is 1.89 bits per heavy atom. The van der Waals surface area contributed by atoms with Crippen LogP contribution in [0.3, 0.4) is 0 Å². The summed E-state index contributed by atoms with van der Waals surface area (Å²) in [6, 6.07) is -4.14. The molecule has 8 amide bonds. The van der Waals surface area contributed by atoms with Crippen molar-refractivity contribution in [2.75, 3.05) is 26.2 Å². The van der Waals surface area contributed by atoms with E-state index in [1.807, 2.05) is 10.6 Å². The maximum absolute atomic E-state index is 13.1. The lowest BCUT2D eigenvalue weighted by atomic mass is 10.1. The Balaban J connectivity index is 3.43. The van der Waals surface area contributed by atoms with Crippen molar-refractivity contribution in [3.63, 3.8) is 0 Å². The summed E-state index contributed by atoms with van der Waals surface area (Å²) in [4.78, 5) is 105. The van der Waals surface area contributed by atoms with Crippen LogP contribution < -0.4 is 54.4 Å². The molecule has 1 rings (SSSR count). The molecule has 0 fully saturated rings. The number of nitrogens with two attached hydrogens (primary N) is 3. The predicted molar refractivity (Wildman–Crippen MR) is 158 cm³/mol. The zero-order chi connectivity index (χ0) is 35.0. The van der Waals surface area contributed by atoms with Gasteiger partial charge >= 0.3 is 11.8 Å². The van der Waals surface area contributed by atoms with Gasteiger partial charge in [-0.2, -0.15) is 0 Å². The minimum Gasteiger partial charge on any atom is -0.365 e. The SMILES string of the molecule is CC(C)N[C@H]1CCNC(=O)C(=O)NC(=O)[C@H](CCN)NC(=O)/C(CCN)=N\C(=O)[C@H](O)NC(=O)[C@@H](O)NC(=O)[C@H](CCN)NC1=O. The third-order valence-electron chi connectivity index (χ3n) is 6.11. The quantitative estimate of drug-likeness (QED) is 0.0852. The summed E-state index contributed by atoms with van der Waals surface area (Å²) in [6.07, 6.45) is -5.55. The van der Waals surface area contributed by atoms with Gasteiger partial charge in [-0.05, 0) is 38.9 Å². The summed E-state index contributed by atoms with van der Waals surface area (Å²) in [5.74, 6) is -9.62. The summed E-state index contributed by atoms with van der Waals surface area (Å²) in [6.45, 7) is 2.68. The molecular formula is C25H43N11O10. The van der Waals surface area contributed by atoms with E-state index in [0.29, 0.717) is 0 Å². The molecule has 0 aromatic rings. The second-order valence-electron chi connectivity index (χ2n) is 10.2. The summed E-state index contributed by atoms with van der Waals surface area (Å²) >= 11 is 0. The van der Waals surface area contributed by atoms with Gasteiger partial charge in [-0.15, -0.1) is 0 Å². The first-order valence-corrected chi connectivity index (χ1v) is 14.3. The van der Waals surface area contributed by atoms with Crippen molar-refractivity contribution in [2.45, 2.75) is 76.2 Å². The molecule has 0 spiro atoms. The van der Waals surface area contributed by atoms with Crippen LogP contribution in [0.2, 0.25) is 0 Å². The second-order valence-corrected chi connectivity index (χ2v) is 10.2. The lowest BCUT2D eigenvalue weighted by Crippen LogP contribution is -2.58. The predicted octanol–water partition coefficient (Wildman–Crippen LogP) is -7.63. The fourth-order valence-corrected chi connectivity index (χ4v) is 3.87. The maximum Gasteiger partial charge on any atom is 0.315 e. The first-order valence-electron chi connectivity index (χ1n) is 14.3. The summed E-state index contributed by atoms with van der Waals surface area (Å²) in [5.41, 5.74) is 16.0. The molecule has 0 aromatic heterocycles. The Morgan fingerprint density at radius 1 is 0.739 bits per heavy atom. The van der Waals surface area contributed by atoms with Crippen molar-refractivity contribution >= 4 is 53.0 Å². The van der Waals surface area contributed by atoms with Gasteiger partial charge in [0, 0.05) is 19.0 Å². The molecule has 1 aliphatic rings. The fourth-order valence-electron chi connectivity index (χ4n) is 3.87. The third-order valence-corrected chi connectivity index (χ3v) is 6.11. The monoisotopic (exact) mass is 657 g/mol. The highest BCUT2D eigenvalue weighted by molar-refractivity contribution is 6.41. The molecular weight excluding hydrogens is 614 g/mol. The number of carbonyl (C=O) groups is 8. The van der Waals surface area contributed by atoms with E-state index in [1.54, 1.807) is 19.2 Å². The Morgan fingerprint density at radius 2 is 1.33 bits per heavy atom. The smallest absolute Gasteiger partial charge is 0.315 e. The molecule has 21 nitrogen and oxygen atoms in total. The second kappa shape index (κ2) is 19.9. The van der Waals surface area contributed by atoms with Crippen LogP contribution in [0.4, 0.5) is 0 Å². The van der Waals surface area contributed by atoms with E-state index >= 15 is 0 Å². The van der Waals surface area contributed by atoms with Crippen LogP contribution in [0.1, 0.15) is 39.5 Å². The van der Waals surface area contributed by atoms with Crippen LogP contribution in [0.15, 0.2) is 4.99 Å². The molecule has 0 unspecified atom stereocenters. The van der Waals surface area contributed by atoms with E-state index in [4.69, 9.17) is 17.2 Å². The molecule has 0 aromatic carbocycles. The Hall–Kier alpha value is -4.41. The van der Waals surface area contributed by atoms with Crippen LogP contribution >= 0.6 is 0 Å². The number of imide groups is 1. The molecule has 21 heteroatoms. The average molecular weight is 658 g/mol. The van der Waals surface area contributed by atoms with Crippen LogP contribution in [0.25, 0.3) is 0 Å². The number of nitrogens with zero attached hydrogens (tertiary/aromatic N) is 1. The van der Waals surface area contributed by atoms with Crippen LogP contribution in [0, 0.1) is 0 Å². The zero-order valence-corrected chi connectivity index (χ0v) is 25.5. The van der Waals surface area contributed by atoms with Crippen molar-refractivity contribution in [3.8, 4) is 0 Å². The van der Waals surface area contributed by atoms with E-state index in [9.17, 15) is 48.6 Å². The van der Waals surface area contributed by atoms with Crippen LogP contribution in [0.5, 0.6) is 0 Å². The van der Waals surface area contributed by atoms with Crippen molar-refractivity contribution < 1.29 is 48.6 Å². The van der Waals surface area contributed by atoms with Crippen molar-refractivity contribution in [1.82, 2.24) is 37.2 Å². The van der Waals surface area contributed by atoms with E-state index < -0.39 is 83.6 Å². The van der Waals surface area contributed by atoms with Crippen molar-refractivity contribution in [1.29, 1.82) is 0 Å². The summed E-state index contributed by atoms with van der Waals surface area (Å²) < 4.78 is 0. The van der Waals surface area contributed by atoms with E-state index in [2.05, 4.69) is 26.3 Å². The van der Waals surface area contributed by atoms with Crippen LogP contribution in [-0.2, 0) is 38.4 Å². The molecule has 15 N–H and O–H groups in total. The molecule has 258 valence electrons. The molecule has 0 saturated carbocycles. The largest absolute Gasteiger partial charge is 0.365 e. The van der Waals surface area contributed by atoms with E-state index in [1.165, 1.54) is 0 Å². The number of hydrogen-bond acceptors (Lipinski definition) is 14. The number of amides is 8. The molecule has 46 heavy (non-hydrogen) atoms. The molecule has 0 radical (unpaired) electrons. The van der Waals surface area contributed by atoms with Crippen molar-refractivity contribution in [2.24, 2.45) is 22.2 Å². The van der Waals surface area contributed by atoms with E-state index in [0.717, 1.165) is 0 Å². The normalized spacial score (nSPS) is 26.6. The first kappa shape index (κ1) is 39.6. The Kier molecular flexibility index (Phi) is 17.1. The van der Waals surface area contributed by atoms with Gasteiger partial charge in [-0.25, -0.2) is 4.99 Å². The Labute approximate surface area is 263 Å². The standard InChI is InChI=1S/C25H43N11O10/c1-11(2)30-15-6-10-29-20(41)21(42)34-18(39)13(4-8-27)31-16(37)12(3-7-26)33-22(43)23(44)36-25(46)24(45)35-19(40)14(5-9-28)32-17(15)38/h11,13-15,23-24,30,44-45H,3-10,26-28H2,1-2H3,(H,29,41)(H,31,37)(H,32,38)(H,35,40)(H,36,46)(H,34,39,42)/b33-12-/t13-,14-,15-,23-,24+/m0/s1. The highest BCUT2D eigenvalue weighted by Gasteiger charge is 2.31. The maximum atomic E-state index is 13.1. The molecule has 5 atom stereocenters. The number of carbonyl (C=O) groups excluding carboxylic acids is 8. The van der Waals surface area contributed by atoms with Crippen molar-refractivity contribution in [3.05, 3.63) is 0 Å². The molecule has 0 aliphatic carbocycles. The van der Waals surface area contributed by atoms with Gasteiger partial charge in [0.05, 0.1) is 6.04 Å². The lowest BCUT2D eigenvalue weighted by Gasteiger charge is -2.25. The van der Waals surface area contributed by atoms with Gasteiger partial charge in [0.2, 0.25) is 30.2 Å². The van der Waals surface area contributed by atoms with Gasteiger partial charge in [0.25, 0.3) is 17.7 Å². The number of aliphatic imine (C=N–C) groups is 1. The number of aliphatic hydroxyl groups excluding tert-OH is 2. The van der Waals surface area contributed by atoms with Gasteiger partial charge in [-0.1, -0.05) is 13.8 Å². The summed E-state index contributed by atoms with van der Waals surface area (Å²) in [7, 11) is 0. The van der Waals surface area contributed by atoms with Gasteiger partial charge in [0.15, 0.2) is 0 Å². The van der Waals surface area contributed by atoms with Gasteiger partial charge in [0.1, 0.15) is 17.8 Å². The number of aliphatic hydroxyl groups is 2.